The highest BCUT2D eigenvalue weighted by Crippen LogP contribution is 2.00. The molecule has 1 atom stereocenters. The zero-order valence-corrected chi connectivity index (χ0v) is 9.38. The molecule has 0 aliphatic heterocycles. The summed E-state index contributed by atoms with van der Waals surface area (Å²) in [6, 6.07) is 0.0497. The summed E-state index contributed by atoms with van der Waals surface area (Å²) in [4.78, 5) is 21.5. The van der Waals surface area contributed by atoms with Crippen LogP contribution in [0.25, 0.3) is 0 Å². The van der Waals surface area contributed by atoms with Gasteiger partial charge in [-0.05, 0) is 26.8 Å². The number of carboxylic acids is 1. The van der Waals surface area contributed by atoms with Gasteiger partial charge in [0, 0.05) is 25.4 Å². The fourth-order valence-electron chi connectivity index (χ4n) is 1.22. The summed E-state index contributed by atoms with van der Waals surface area (Å²) in [5.74, 6) is -0.782. The SMILES string of the molecule is CNCCC(=O)NC(C)CCCC(=O)O. The van der Waals surface area contributed by atoms with Crippen molar-refractivity contribution in [1.29, 1.82) is 0 Å². The van der Waals surface area contributed by atoms with Crippen molar-refractivity contribution in [1.82, 2.24) is 10.6 Å². The predicted molar refractivity (Wildman–Crippen MR) is 57.6 cm³/mol. The average molecular weight is 216 g/mol. The van der Waals surface area contributed by atoms with Crippen LogP contribution in [0.5, 0.6) is 0 Å². The van der Waals surface area contributed by atoms with Gasteiger partial charge >= 0.3 is 5.97 Å². The Morgan fingerprint density at radius 3 is 2.53 bits per heavy atom. The molecular weight excluding hydrogens is 196 g/mol. The molecule has 15 heavy (non-hydrogen) atoms. The van der Waals surface area contributed by atoms with Crippen LogP contribution in [0.2, 0.25) is 0 Å². The topological polar surface area (TPSA) is 78.4 Å². The maximum absolute atomic E-state index is 11.2. The lowest BCUT2D eigenvalue weighted by Gasteiger charge is -2.12. The van der Waals surface area contributed by atoms with E-state index in [4.69, 9.17) is 5.11 Å². The van der Waals surface area contributed by atoms with Gasteiger partial charge in [0.1, 0.15) is 0 Å². The highest BCUT2D eigenvalue weighted by atomic mass is 16.4. The normalized spacial score (nSPS) is 12.1. The number of carboxylic acid groups (broad SMARTS) is 1. The summed E-state index contributed by atoms with van der Waals surface area (Å²) in [5, 5.41) is 14.1. The van der Waals surface area contributed by atoms with Crippen molar-refractivity contribution < 1.29 is 14.7 Å². The van der Waals surface area contributed by atoms with E-state index in [2.05, 4.69) is 10.6 Å². The summed E-state index contributed by atoms with van der Waals surface area (Å²) in [6.07, 6.45) is 1.93. The Kier molecular flexibility index (Phi) is 7.62. The molecule has 3 N–H and O–H groups in total. The summed E-state index contributed by atoms with van der Waals surface area (Å²) >= 11 is 0. The van der Waals surface area contributed by atoms with Crippen LogP contribution in [0.3, 0.4) is 0 Å². The maximum Gasteiger partial charge on any atom is 0.303 e. The fourth-order valence-corrected chi connectivity index (χ4v) is 1.22. The van der Waals surface area contributed by atoms with Gasteiger partial charge in [-0.2, -0.15) is 0 Å². The standard InChI is InChI=1S/C10H20N2O3/c1-8(4-3-5-10(14)15)12-9(13)6-7-11-2/h8,11H,3-7H2,1-2H3,(H,12,13)(H,14,15). The zero-order valence-electron chi connectivity index (χ0n) is 9.38. The van der Waals surface area contributed by atoms with E-state index in [1.54, 1.807) is 7.05 Å². The summed E-state index contributed by atoms with van der Waals surface area (Å²) in [7, 11) is 1.80. The maximum atomic E-state index is 11.2. The van der Waals surface area contributed by atoms with Gasteiger partial charge in [-0.3, -0.25) is 9.59 Å². The molecule has 0 aromatic carbocycles. The lowest BCUT2D eigenvalue weighted by molar-refractivity contribution is -0.137. The molecule has 88 valence electrons. The minimum Gasteiger partial charge on any atom is -0.481 e. The Labute approximate surface area is 90.2 Å². The van der Waals surface area contributed by atoms with E-state index in [0.29, 0.717) is 25.8 Å². The molecule has 1 unspecified atom stereocenters. The monoisotopic (exact) mass is 216 g/mol. The van der Waals surface area contributed by atoms with Crippen molar-refractivity contribution in [2.45, 2.75) is 38.6 Å². The second-order valence-electron chi connectivity index (χ2n) is 3.61. The van der Waals surface area contributed by atoms with Gasteiger partial charge in [-0.25, -0.2) is 0 Å². The fraction of sp³-hybridized carbons (Fsp3) is 0.800. The molecule has 0 aliphatic carbocycles. The van der Waals surface area contributed by atoms with Crippen molar-refractivity contribution in [3.63, 3.8) is 0 Å². The van der Waals surface area contributed by atoms with Crippen LogP contribution in [0.4, 0.5) is 0 Å². The number of nitrogens with one attached hydrogen (secondary N) is 2. The Balaban J connectivity index is 3.50. The van der Waals surface area contributed by atoms with Crippen LogP contribution in [0.15, 0.2) is 0 Å². The number of carbonyl (C=O) groups excluding carboxylic acids is 1. The van der Waals surface area contributed by atoms with Crippen LogP contribution in [0.1, 0.15) is 32.6 Å². The third-order valence-corrected chi connectivity index (χ3v) is 2.04. The van der Waals surface area contributed by atoms with E-state index < -0.39 is 5.97 Å². The van der Waals surface area contributed by atoms with Crippen molar-refractivity contribution in [2.75, 3.05) is 13.6 Å². The van der Waals surface area contributed by atoms with E-state index in [1.165, 1.54) is 0 Å². The molecule has 0 bridgehead atoms. The van der Waals surface area contributed by atoms with Crippen LogP contribution >= 0.6 is 0 Å². The van der Waals surface area contributed by atoms with E-state index in [1.807, 2.05) is 6.92 Å². The number of hydrogen-bond acceptors (Lipinski definition) is 3. The van der Waals surface area contributed by atoms with E-state index in [0.717, 1.165) is 0 Å². The number of rotatable bonds is 8. The highest BCUT2D eigenvalue weighted by molar-refractivity contribution is 5.76. The van der Waals surface area contributed by atoms with Crippen LogP contribution in [-0.4, -0.2) is 36.6 Å². The molecule has 0 spiro atoms. The van der Waals surface area contributed by atoms with Gasteiger partial charge in [0.05, 0.1) is 0 Å². The first-order valence-electron chi connectivity index (χ1n) is 5.22. The van der Waals surface area contributed by atoms with Crippen LogP contribution in [0, 0.1) is 0 Å². The lowest BCUT2D eigenvalue weighted by Crippen LogP contribution is -2.34. The quantitative estimate of drug-likeness (QED) is 0.547. The van der Waals surface area contributed by atoms with Gasteiger partial charge in [0.2, 0.25) is 5.91 Å². The largest absolute Gasteiger partial charge is 0.481 e. The van der Waals surface area contributed by atoms with Gasteiger partial charge < -0.3 is 15.7 Å². The molecule has 0 aromatic heterocycles. The zero-order chi connectivity index (χ0) is 11.7. The number of aliphatic carboxylic acids is 1. The van der Waals surface area contributed by atoms with Crippen molar-refractivity contribution in [2.24, 2.45) is 0 Å². The minimum absolute atomic E-state index is 0.00664. The van der Waals surface area contributed by atoms with E-state index in [9.17, 15) is 9.59 Å². The van der Waals surface area contributed by atoms with Crippen molar-refractivity contribution in [3.05, 3.63) is 0 Å². The van der Waals surface area contributed by atoms with Crippen molar-refractivity contribution >= 4 is 11.9 Å². The van der Waals surface area contributed by atoms with E-state index in [-0.39, 0.29) is 18.4 Å². The molecule has 0 saturated carbocycles. The van der Waals surface area contributed by atoms with Crippen molar-refractivity contribution in [3.8, 4) is 0 Å². The summed E-state index contributed by atoms with van der Waals surface area (Å²) < 4.78 is 0. The van der Waals surface area contributed by atoms with Gasteiger partial charge in [-0.1, -0.05) is 0 Å². The Morgan fingerprint density at radius 2 is 2.00 bits per heavy atom. The number of hydrogen-bond donors (Lipinski definition) is 3. The Morgan fingerprint density at radius 1 is 1.33 bits per heavy atom. The minimum atomic E-state index is -0.788. The second kappa shape index (κ2) is 8.23. The molecule has 5 nitrogen and oxygen atoms in total. The smallest absolute Gasteiger partial charge is 0.303 e. The molecule has 5 heteroatoms. The predicted octanol–water partition coefficient (Wildman–Crippen LogP) is 0.355. The number of amides is 1. The second-order valence-corrected chi connectivity index (χ2v) is 3.61. The lowest BCUT2D eigenvalue weighted by atomic mass is 10.1. The molecule has 0 aromatic rings. The molecular formula is C10H20N2O3. The van der Waals surface area contributed by atoms with Gasteiger partial charge in [0.15, 0.2) is 0 Å². The third kappa shape index (κ3) is 9.21. The summed E-state index contributed by atoms with van der Waals surface area (Å²) in [6.45, 7) is 2.55. The van der Waals surface area contributed by atoms with Crippen LogP contribution in [-0.2, 0) is 9.59 Å². The molecule has 1 amide bonds. The molecule has 0 heterocycles. The van der Waals surface area contributed by atoms with Gasteiger partial charge in [-0.15, -0.1) is 0 Å². The van der Waals surface area contributed by atoms with E-state index >= 15 is 0 Å². The molecule has 0 rings (SSSR count). The third-order valence-electron chi connectivity index (χ3n) is 2.04. The first-order chi connectivity index (χ1) is 7.06. The van der Waals surface area contributed by atoms with Gasteiger partial charge in [0.25, 0.3) is 0 Å². The first-order valence-corrected chi connectivity index (χ1v) is 5.22. The first kappa shape index (κ1) is 13.9. The Bertz CT molecular complexity index is 207. The number of carbonyl (C=O) groups is 2. The molecule has 0 radical (unpaired) electrons. The Hall–Kier alpha value is -1.10. The average Bonchev–Trinajstić information content (AvgIpc) is 2.14. The summed E-state index contributed by atoms with van der Waals surface area (Å²) in [5.41, 5.74) is 0. The van der Waals surface area contributed by atoms with Crippen LogP contribution < -0.4 is 10.6 Å². The molecule has 0 saturated heterocycles. The molecule has 0 aliphatic rings. The molecule has 0 fully saturated rings. The highest BCUT2D eigenvalue weighted by Gasteiger charge is 2.07.